The van der Waals surface area contributed by atoms with E-state index in [2.05, 4.69) is 43.2 Å². The van der Waals surface area contributed by atoms with Crippen molar-refractivity contribution >= 4 is 17.1 Å². The van der Waals surface area contributed by atoms with Crippen molar-refractivity contribution in [2.45, 2.75) is 78.4 Å². The lowest BCUT2D eigenvalue weighted by Gasteiger charge is -2.33. The molecule has 1 saturated heterocycles. The number of aryl methyl sites for hydroxylation is 1. The fourth-order valence-corrected chi connectivity index (χ4v) is 4.55. The van der Waals surface area contributed by atoms with Gasteiger partial charge >= 0.3 is 6.09 Å². The summed E-state index contributed by atoms with van der Waals surface area (Å²) in [6.45, 7) is 11.0. The highest BCUT2D eigenvalue weighted by molar-refractivity contribution is 5.84. The quantitative estimate of drug-likeness (QED) is 0.496. The molecule has 0 atom stereocenters. The number of aromatic nitrogens is 1. The third kappa shape index (κ3) is 6.23. The van der Waals surface area contributed by atoms with Gasteiger partial charge in [-0.1, -0.05) is 12.1 Å². The molecule has 0 unspecified atom stereocenters. The number of piperidine rings is 1. The van der Waals surface area contributed by atoms with Gasteiger partial charge in [-0.05, 0) is 91.4 Å². The Kier molecular flexibility index (Phi) is 7.13. The largest absolute Gasteiger partial charge is 0.493 e. The molecule has 7 nitrogen and oxygen atoms in total. The lowest BCUT2D eigenvalue weighted by atomic mass is 9.91. The first kappa shape index (κ1) is 24.8. The minimum Gasteiger partial charge on any atom is -0.493 e. The third-order valence-corrected chi connectivity index (χ3v) is 6.99. The van der Waals surface area contributed by atoms with Crippen molar-refractivity contribution in [1.82, 2.24) is 15.0 Å². The molecule has 1 amide bonds. The van der Waals surface area contributed by atoms with E-state index < -0.39 is 5.60 Å². The summed E-state index contributed by atoms with van der Waals surface area (Å²) in [6, 6.07) is 4.20. The van der Waals surface area contributed by atoms with Gasteiger partial charge in [0.2, 0.25) is 0 Å². The van der Waals surface area contributed by atoms with Gasteiger partial charge in [0.15, 0.2) is 5.58 Å². The van der Waals surface area contributed by atoms with E-state index in [1.807, 2.05) is 25.7 Å². The van der Waals surface area contributed by atoms with E-state index in [1.165, 1.54) is 12.8 Å². The maximum Gasteiger partial charge on any atom is 0.410 e. The number of hydrogen-bond acceptors (Lipinski definition) is 6. The lowest BCUT2D eigenvalue weighted by Crippen LogP contribution is -2.41. The molecule has 0 N–H and O–H groups in total. The van der Waals surface area contributed by atoms with Crippen LogP contribution in [0.15, 0.2) is 16.7 Å². The van der Waals surface area contributed by atoms with Gasteiger partial charge in [0.1, 0.15) is 11.4 Å². The Balaban J connectivity index is 1.38. The highest BCUT2D eigenvalue weighted by Crippen LogP contribution is 2.45. The summed E-state index contributed by atoms with van der Waals surface area (Å²) < 4.78 is 17.6. The van der Waals surface area contributed by atoms with Crippen LogP contribution in [-0.2, 0) is 17.7 Å². The van der Waals surface area contributed by atoms with Gasteiger partial charge in [0, 0.05) is 30.4 Å². The summed E-state index contributed by atoms with van der Waals surface area (Å²) in [5.74, 6) is 1.49. The van der Waals surface area contributed by atoms with E-state index in [-0.39, 0.29) is 6.09 Å². The predicted molar refractivity (Wildman–Crippen MR) is 133 cm³/mol. The van der Waals surface area contributed by atoms with E-state index in [1.54, 1.807) is 0 Å². The molecule has 34 heavy (non-hydrogen) atoms. The molecule has 1 aromatic carbocycles. The van der Waals surface area contributed by atoms with Crippen LogP contribution in [0.1, 0.15) is 71.1 Å². The zero-order valence-electron chi connectivity index (χ0n) is 21.8. The second-order valence-electron chi connectivity index (χ2n) is 11.8. The van der Waals surface area contributed by atoms with Gasteiger partial charge in [-0.3, -0.25) is 0 Å². The van der Waals surface area contributed by atoms with Gasteiger partial charge in [0.05, 0.1) is 17.9 Å². The van der Waals surface area contributed by atoms with Crippen LogP contribution >= 0.6 is 0 Å². The Hall–Kier alpha value is -2.28. The Labute approximate surface area is 203 Å². The Morgan fingerprint density at radius 2 is 1.94 bits per heavy atom. The Morgan fingerprint density at radius 1 is 1.24 bits per heavy atom. The molecule has 1 aromatic heterocycles. The van der Waals surface area contributed by atoms with Crippen LogP contribution in [0, 0.1) is 11.3 Å². The summed E-state index contributed by atoms with van der Waals surface area (Å²) in [5.41, 5.74) is 2.83. The van der Waals surface area contributed by atoms with Gasteiger partial charge < -0.3 is 23.8 Å². The summed E-state index contributed by atoms with van der Waals surface area (Å²) in [6.07, 6.45) is 6.20. The fraction of sp³-hybridized carbons (Fsp3) is 0.704. The summed E-state index contributed by atoms with van der Waals surface area (Å²) >= 11 is 0. The van der Waals surface area contributed by atoms with Gasteiger partial charge in [-0.25, -0.2) is 4.79 Å². The summed E-state index contributed by atoms with van der Waals surface area (Å²) in [7, 11) is 4.12. The number of ether oxygens (including phenoxy) is 2. The van der Waals surface area contributed by atoms with Crippen molar-refractivity contribution in [2.24, 2.45) is 11.3 Å². The Morgan fingerprint density at radius 3 is 2.56 bits per heavy atom. The minimum absolute atomic E-state index is 0.199. The summed E-state index contributed by atoms with van der Waals surface area (Å²) in [5, 5.41) is 5.55. The zero-order valence-corrected chi connectivity index (χ0v) is 21.8. The lowest BCUT2D eigenvalue weighted by molar-refractivity contribution is 0.0181. The highest BCUT2D eigenvalue weighted by Gasteiger charge is 2.38. The van der Waals surface area contributed by atoms with Crippen molar-refractivity contribution < 1.29 is 18.8 Å². The van der Waals surface area contributed by atoms with Crippen molar-refractivity contribution in [3.63, 3.8) is 0 Å². The van der Waals surface area contributed by atoms with Crippen LogP contribution in [0.3, 0.4) is 0 Å². The molecule has 0 radical (unpaired) electrons. The fourth-order valence-electron chi connectivity index (χ4n) is 4.55. The van der Waals surface area contributed by atoms with E-state index in [9.17, 15) is 4.79 Å². The highest BCUT2D eigenvalue weighted by atomic mass is 16.6. The van der Waals surface area contributed by atoms with E-state index >= 15 is 0 Å². The number of nitrogens with zero attached hydrogens (tertiary/aromatic N) is 3. The number of carbonyl (C=O) groups excluding carboxylic acids is 1. The first-order chi connectivity index (χ1) is 16.0. The standard InChI is InChI=1S/C27H41N3O4/c1-26(2,3)33-25(31)30-15-11-19(12-16-30)7-9-22-20-8-10-23(32-18-27(4)13-14-27)21(17-29(5)6)24(20)34-28-22/h8,10,19H,7,9,11-18H2,1-6H3. The van der Waals surface area contributed by atoms with Crippen molar-refractivity contribution in [3.05, 3.63) is 23.4 Å². The van der Waals surface area contributed by atoms with Crippen LogP contribution in [0.5, 0.6) is 5.75 Å². The number of carbonyl (C=O) groups is 1. The molecule has 2 aliphatic rings. The molecule has 0 bridgehead atoms. The molecule has 2 fully saturated rings. The Bertz CT molecular complexity index is 995. The minimum atomic E-state index is -0.450. The molecular formula is C27H41N3O4. The van der Waals surface area contributed by atoms with Crippen LogP contribution in [-0.4, -0.2) is 60.4 Å². The average molecular weight is 472 g/mol. The van der Waals surface area contributed by atoms with Crippen molar-refractivity contribution in [3.8, 4) is 5.75 Å². The monoisotopic (exact) mass is 471 g/mol. The predicted octanol–water partition coefficient (Wildman–Crippen LogP) is 5.65. The topological polar surface area (TPSA) is 68.0 Å². The molecule has 1 aliphatic heterocycles. The molecule has 7 heteroatoms. The van der Waals surface area contributed by atoms with Crippen LogP contribution in [0.4, 0.5) is 4.79 Å². The number of amides is 1. The van der Waals surface area contributed by atoms with Crippen molar-refractivity contribution in [1.29, 1.82) is 0 Å². The van der Waals surface area contributed by atoms with E-state index in [0.717, 1.165) is 79.9 Å². The first-order valence-electron chi connectivity index (χ1n) is 12.7. The molecule has 2 aromatic rings. The molecule has 188 valence electrons. The van der Waals surface area contributed by atoms with Gasteiger partial charge in [0.25, 0.3) is 0 Å². The molecule has 0 spiro atoms. The maximum atomic E-state index is 12.3. The van der Waals surface area contributed by atoms with E-state index in [0.29, 0.717) is 11.3 Å². The van der Waals surface area contributed by atoms with Crippen LogP contribution < -0.4 is 4.74 Å². The zero-order chi connectivity index (χ0) is 24.5. The van der Waals surface area contributed by atoms with E-state index in [4.69, 9.17) is 14.0 Å². The second kappa shape index (κ2) is 9.76. The maximum absolute atomic E-state index is 12.3. The molecular weight excluding hydrogens is 430 g/mol. The van der Waals surface area contributed by atoms with Crippen LogP contribution in [0.25, 0.3) is 11.0 Å². The van der Waals surface area contributed by atoms with Crippen molar-refractivity contribution in [2.75, 3.05) is 33.8 Å². The smallest absolute Gasteiger partial charge is 0.410 e. The third-order valence-electron chi connectivity index (χ3n) is 6.99. The van der Waals surface area contributed by atoms with Crippen LogP contribution in [0.2, 0.25) is 0 Å². The van der Waals surface area contributed by atoms with Gasteiger partial charge in [-0.15, -0.1) is 0 Å². The first-order valence-corrected chi connectivity index (χ1v) is 12.7. The molecule has 1 saturated carbocycles. The molecule has 4 rings (SSSR count). The average Bonchev–Trinajstić information content (AvgIpc) is 3.35. The normalized spacial score (nSPS) is 18.5. The second-order valence-corrected chi connectivity index (χ2v) is 11.8. The number of likely N-dealkylation sites (tertiary alicyclic amines) is 1. The number of rotatable bonds is 8. The van der Waals surface area contributed by atoms with Gasteiger partial charge in [-0.2, -0.15) is 0 Å². The molecule has 2 heterocycles. The number of hydrogen-bond donors (Lipinski definition) is 0. The summed E-state index contributed by atoms with van der Waals surface area (Å²) in [4.78, 5) is 16.3. The SMILES string of the molecule is CN(C)Cc1c(OCC2(C)CC2)ccc2c(CCC3CCN(C(=O)OC(C)(C)C)CC3)noc12. The number of fused-ring (bicyclic) bond motifs is 1. The molecule has 1 aliphatic carbocycles. The number of benzene rings is 1.